The Labute approximate surface area is 140 Å². The maximum absolute atomic E-state index is 14.0. The van der Waals surface area contributed by atoms with Crippen molar-refractivity contribution >= 4 is 5.69 Å². The summed E-state index contributed by atoms with van der Waals surface area (Å²) in [6.07, 6.45) is 1.03. The summed E-state index contributed by atoms with van der Waals surface area (Å²) in [6, 6.07) is 8.20. The largest absolute Gasteiger partial charge is 0.617 e. The molecule has 25 heavy (non-hydrogen) atoms. The van der Waals surface area contributed by atoms with Gasteiger partial charge in [0.15, 0.2) is 11.9 Å². The number of halogens is 1. The van der Waals surface area contributed by atoms with Gasteiger partial charge in [-0.1, -0.05) is 0 Å². The highest BCUT2D eigenvalue weighted by Crippen LogP contribution is 2.40. The summed E-state index contributed by atoms with van der Waals surface area (Å²) < 4.78 is 15.7. The zero-order chi connectivity index (χ0) is 18.3. The minimum Gasteiger partial charge on any atom is -0.617 e. The number of hydrogen-bond acceptors (Lipinski definition) is 5. The predicted octanol–water partition coefficient (Wildman–Crippen LogP) is 2.45. The summed E-state index contributed by atoms with van der Waals surface area (Å²) in [4.78, 5) is 10.2. The van der Waals surface area contributed by atoms with E-state index in [0.717, 1.165) is 18.3 Å². The van der Waals surface area contributed by atoms with Crippen LogP contribution in [0.4, 0.5) is 10.1 Å². The highest BCUT2D eigenvalue weighted by Gasteiger charge is 2.22. The number of phenolic OH excluding ortho intramolecular Hbond substituents is 2. The molecule has 0 aliphatic rings. The molecular formula is C16H12FN3O5. The fourth-order valence-corrected chi connectivity index (χ4v) is 2.62. The number of pyridine rings is 1. The molecule has 3 rings (SSSR count). The Bertz CT molecular complexity index is 1000. The smallest absolute Gasteiger partial charge is 0.380 e. The second-order valence-electron chi connectivity index (χ2n) is 5.32. The van der Waals surface area contributed by atoms with Crippen LogP contribution in [0.1, 0.15) is 0 Å². The SMILES string of the molecule is Cn1c(-c2cc(O)c(O)c([N+](=O)[O-])c2)ccc1-c1ccc[n+]([O-])c1F. The lowest BCUT2D eigenvalue weighted by Crippen LogP contribution is -2.31. The molecule has 9 heteroatoms. The zero-order valence-corrected chi connectivity index (χ0v) is 12.9. The molecule has 2 N–H and O–H groups in total. The molecule has 0 aliphatic heterocycles. The zero-order valence-electron chi connectivity index (χ0n) is 12.9. The molecule has 0 saturated heterocycles. The van der Waals surface area contributed by atoms with Crippen molar-refractivity contribution in [1.29, 1.82) is 0 Å². The van der Waals surface area contributed by atoms with Gasteiger partial charge in [-0.25, -0.2) is 0 Å². The van der Waals surface area contributed by atoms with Gasteiger partial charge >= 0.3 is 11.6 Å². The lowest BCUT2D eigenvalue weighted by Gasteiger charge is -2.09. The number of benzene rings is 1. The third kappa shape index (κ3) is 2.61. The molecule has 0 unspecified atom stereocenters. The summed E-state index contributed by atoms with van der Waals surface area (Å²) in [5.41, 5.74) is 0.453. The molecule has 0 saturated carbocycles. The Morgan fingerprint density at radius 1 is 1.20 bits per heavy atom. The summed E-state index contributed by atoms with van der Waals surface area (Å²) >= 11 is 0. The molecule has 0 bridgehead atoms. The molecule has 3 aromatic rings. The molecule has 0 amide bonds. The molecule has 2 heterocycles. The van der Waals surface area contributed by atoms with E-state index in [2.05, 4.69) is 0 Å². The summed E-state index contributed by atoms with van der Waals surface area (Å²) in [6.45, 7) is 0. The van der Waals surface area contributed by atoms with E-state index in [1.54, 1.807) is 19.2 Å². The summed E-state index contributed by atoms with van der Waals surface area (Å²) in [5.74, 6) is -2.45. The minimum absolute atomic E-state index is 0.0590. The highest BCUT2D eigenvalue weighted by molar-refractivity contribution is 5.74. The Balaban J connectivity index is 2.17. The van der Waals surface area contributed by atoms with Gasteiger partial charge in [0, 0.05) is 30.4 Å². The van der Waals surface area contributed by atoms with Crippen molar-refractivity contribution in [2.45, 2.75) is 0 Å². The third-order valence-electron chi connectivity index (χ3n) is 3.86. The number of nitrogens with zero attached hydrogens (tertiary/aromatic N) is 3. The Kier molecular flexibility index (Phi) is 3.76. The Morgan fingerprint density at radius 3 is 2.56 bits per heavy atom. The van der Waals surface area contributed by atoms with E-state index in [4.69, 9.17) is 0 Å². The first kappa shape index (κ1) is 16.2. The van der Waals surface area contributed by atoms with E-state index < -0.39 is 28.1 Å². The van der Waals surface area contributed by atoms with E-state index >= 15 is 0 Å². The first-order chi connectivity index (χ1) is 11.8. The van der Waals surface area contributed by atoms with Gasteiger partial charge in [-0.2, -0.15) is 0 Å². The van der Waals surface area contributed by atoms with Gasteiger partial charge in [0.05, 0.1) is 10.6 Å². The fourth-order valence-electron chi connectivity index (χ4n) is 2.62. The average molecular weight is 345 g/mol. The number of hydrogen-bond donors (Lipinski definition) is 2. The van der Waals surface area contributed by atoms with Crippen molar-refractivity contribution in [3.05, 3.63) is 63.9 Å². The Morgan fingerprint density at radius 2 is 1.88 bits per heavy atom. The van der Waals surface area contributed by atoms with Crippen LogP contribution in [0.3, 0.4) is 0 Å². The van der Waals surface area contributed by atoms with Gasteiger partial charge in [-0.05, 0) is 24.3 Å². The van der Waals surface area contributed by atoms with Crippen LogP contribution in [-0.2, 0) is 7.05 Å². The molecule has 2 aromatic heterocycles. The lowest BCUT2D eigenvalue weighted by atomic mass is 10.1. The van der Waals surface area contributed by atoms with Crippen LogP contribution in [0.2, 0.25) is 0 Å². The number of aromatic nitrogens is 2. The van der Waals surface area contributed by atoms with Gasteiger partial charge in [0.2, 0.25) is 5.75 Å². The van der Waals surface area contributed by atoms with E-state index in [9.17, 15) is 29.9 Å². The average Bonchev–Trinajstić information content (AvgIpc) is 2.94. The molecule has 8 nitrogen and oxygen atoms in total. The second-order valence-corrected chi connectivity index (χ2v) is 5.32. The lowest BCUT2D eigenvalue weighted by molar-refractivity contribution is -0.636. The molecular weight excluding hydrogens is 333 g/mol. The van der Waals surface area contributed by atoms with Crippen LogP contribution in [0.5, 0.6) is 11.5 Å². The number of phenols is 2. The van der Waals surface area contributed by atoms with Crippen LogP contribution >= 0.6 is 0 Å². The van der Waals surface area contributed by atoms with Crippen LogP contribution in [0, 0.1) is 21.3 Å². The molecule has 0 radical (unpaired) electrons. The van der Waals surface area contributed by atoms with Crippen molar-refractivity contribution in [3.63, 3.8) is 0 Å². The maximum Gasteiger partial charge on any atom is 0.380 e. The highest BCUT2D eigenvalue weighted by atomic mass is 19.1. The van der Waals surface area contributed by atoms with Crippen LogP contribution in [0.15, 0.2) is 42.6 Å². The summed E-state index contributed by atoms with van der Waals surface area (Å²) in [5, 5.41) is 41.7. The molecule has 0 atom stereocenters. The van der Waals surface area contributed by atoms with Crippen molar-refractivity contribution in [2.75, 3.05) is 0 Å². The van der Waals surface area contributed by atoms with Crippen molar-refractivity contribution in [2.24, 2.45) is 7.05 Å². The first-order valence-corrected chi connectivity index (χ1v) is 7.05. The third-order valence-corrected chi connectivity index (χ3v) is 3.86. The van der Waals surface area contributed by atoms with E-state index in [-0.39, 0.29) is 15.9 Å². The Hall–Kier alpha value is -3.62. The van der Waals surface area contributed by atoms with Gasteiger partial charge in [-0.15, -0.1) is 9.12 Å². The quantitative estimate of drug-likeness (QED) is 0.189. The van der Waals surface area contributed by atoms with Gasteiger partial charge < -0.3 is 20.0 Å². The minimum atomic E-state index is -0.977. The van der Waals surface area contributed by atoms with Crippen molar-refractivity contribution in [3.8, 4) is 34.0 Å². The first-order valence-electron chi connectivity index (χ1n) is 7.05. The fraction of sp³-hybridized carbons (Fsp3) is 0.0625. The van der Waals surface area contributed by atoms with Gasteiger partial charge in [0.25, 0.3) is 0 Å². The van der Waals surface area contributed by atoms with Crippen molar-refractivity contribution in [1.82, 2.24) is 4.57 Å². The number of aromatic hydroxyl groups is 2. The van der Waals surface area contributed by atoms with Crippen LogP contribution in [-0.4, -0.2) is 19.7 Å². The predicted molar refractivity (Wildman–Crippen MR) is 85.2 cm³/mol. The number of nitro benzene ring substituents is 1. The second kappa shape index (κ2) is 5.78. The summed E-state index contributed by atoms with van der Waals surface area (Å²) in [7, 11) is 1.59. The topological polar surface area (TPSA) is 115 Å². The molecule has 128 valence electrons. The van der Waals surface area contributed by atoms with E-state index in [0.29, 0.717) is 11.4 Å². The normalized spacial score (nSPS) is 10.8. The van der Waals surface area contributed by atoms with Crippen molar-refractivity contribution < 1.29 is 24.3 Å². The van der Waals surface area contributed by atoms with Crippen LogP contribution < -0.4 is 4.73 Å². The van der Waals surface area contributed by atoms with E-state index in [1.807, 2.05) is 0 Å². The van der Waals surface area contributed by atoms with E-state index in [1.165, 1.54) is 16.7 Å². The van der Waals surface area contributed by atoms with Gasteiger partial charge in [0.1, 0.15) is 5.56 Å². The van der Waals surface area contributed by atoms with Crippen LogP contribution in [0.25, 0.3) is 22.5 Å². The molecule has 0 spiro atoms. The maximum atomic E-state index is 14.0. The van der Waals surface area contributed by atoms with Gasteiger partial charge in [-0.3, -0.25) is 10.1 Å². The standard InChI is InChI=1S/C16H12FN3O5/c1-18-11(9-7-13(20(24)25)15(22)14(21)8-9)4-5-12(18)10-3-2-6-19(23)16(10)17/h2-8,21-22H,1H3. The number of nitro groups is 1. The molecule has 1 aromatic carbocycles. The molecule has 0 aliphatic carbocycles. The molecule has 0 fully saturated rings. The number of rotatable bonds is 3. The monoisotopic (exact) mass is 345 g/mol.